The molecule has 0 aliphatic rings. The Morgan fingerprint density at radius 2 is 2.00 bits per heavy atom. The summed E-state index contributed by atoms with van der Waals surface area (Å²) in [5.74, 6) is 1.45. The lowest BCUT2D eigenvalue weighted by molar-refractivity contribution is 0.281. The summed E-state index contributed by atoms with van der Waals surface area (Å²) in [6.45, 7) is 1.78. The number of methoxy groups -OCH3 is 1. The lowest BCUT2D eigenvalue weighted by Crippen LogP contribution is -1.95. The molecule has 1 aromatic carbocycles. The summed E-state index contributed by atoms with van der Waals surface area (Å²) in [5, 5.41) is 18.0. The van der Waals surface area contributed by atoms with Crippen LogP contribution in [0.3, 0.4) is 0 Å². The minimum atomic E-state index is -0.0636. The number of hydrogen-bond donors (Lipinski definition) is 1. The smallest absolute Gasteiger partial charge is 0.222 e. The van der Waals surface area contributed by atoms with E-state index in [9.17, 15) is 0 Å². The Kier molecular flexibility index (Phi) is 4.18. The SMILES string of the molecule is COc1cc(C#N)cc(Oc2ncc(CO)cc2C)c1. The van der Waals surface area contributed by atoms with E-state index in [2.05, 4.69) is 4.98 Å². The molecule has 0 aliphatic carbocycles. The molecule has 0 amide bonds. The third kappa shape index (κ3) is 3.05. The minimum Gasteiger partial charge on any atom is -0.497 e. The molecule has 1 aromatic heterocycles. The summed E-state index contributed by atoms with van der Waals surface area (Å²) in [6, 6.07) is 8.77. The summed E-state index contributed by atoms with van der Waals surface area (Å²) in [6.07, 6.45) is 1.55. The van der Waals surface area contributed by atoms with E-state index in [-0.39, 0.29) is 6.61 Å². The van der Waals surface area contributed by atoms with Crippen LogP contribution in [0.15, 0.2) is 30.5 Å². The van der Waals surface area contributed by atoms with Crippen molar-refractivity contribution in [3.8, 4) is 23.4 Å². The van der Waals surface area contributed by atoms with Crippen molar-refractivity contribution in [3.05, 3.63) is 47.2 Å². The first-order valence-corrected chi connectivity index (χ1v) is 5.99. The zero-order valence-corrected chi connectivity index (χ0v) is 11.3. The number of nitrogens with zero attached hydrogens (tertiary/aromatic N) is 2. The van der Waals surface area contributed by atoms with Crippen molar-refractivity contribution in [3.63, 3.8) is 0 Å². The van der Waals surface area contributed by atoms with Gasteiger partial charge in [-0.1, -0.05) is 0 Å². The van der Waals surface area contributed by atoms with E-state index in [1.165, 1.54) is 7.11 Å². The molecule has 0 atom stereocenters. The molecule has 102 valence electrons. The van der Waals surface area contributed by atoms with E-state index >= 15 is 0 Å². The van der Waals surface area contributed by atoms with Gasteiger partial charge in [-0.15, -0.1) is 0 Å². The van der Waals surface area contributed by atoms with Gasteiger partial charge in [0, 0.05) is 17.8 Å². The highest BCUT2D eigenvalue weighted by Gasteiger charge is 2.07. The Bertz CT molecular complexity index is 663. The maximum Gasteiger partial charge on any atom is 0.222 e. The molecule has 0 saturated carbocycles. The molecule has 5 nitrogen and oxygen atoms in total. The quantitative estimate of drug-likeness (QED) is 0.924. The highest BCUT2D eigenvalue weighted by atomic mass is 16.5. The van der Waals surface area contributed by atoms with Crippen LogP contribution >= 0.6 is 0 Å². The zero-order chi connectivity index (χ0) is 14.5. The second-order valence-electron chi connectivity index (χ2n) is 4.23. The third-order valence-corrected chi connectivity index (χ3v) is 2.73. The molecule has 0 saturated heterocycles. The van der Waals surface area contributed by atoms with Crippen LogP contribution in [0.5, 0.6) is 17.4 Å². The first-order valence-electron chi connectivity index (χ1n) is 5.99. The summed E-state index contributed by atoms with van der Waals surface area (Å²) < 4.78 is 10.8. The number of pyridine rings is 1. The van der Waals surface area contributed by atoms with Crippen LogP contribution in [-0.2, 0) is 6.61 Å². The maximum absolute atomic E-state index is 9.05. The van der Waals surface area contributed by atoms with Crippen LogP contribution in [0.1, 0.15) is 16.7 Å². The van der Waals surface area contributed by atoms with Crippen molar-refractivity contribution in [2.45, 2.75) is 13.5 Å². The molecule has 1 heterocycles. The summed E-state index contributed by atoms with van der Waals surface area (Å²) in [5.41, 5.74) is 1.97. The van der Waals surface area contributed by atoms with Gasteiger partial charge in [-0.2, -0.15) is 5.26 Å². The average Bonchev–Trinajstić information content (AvgIpc) is 2.48. The molecule has 0 spiro atoms. The Balaban J connectivity index is 2.32. The largest absolute Gasteiger partial charge is 0.497 e. The fourth-order valence-electron chi connectivity index (χ4n) is 1.74. The zero-order valence-electron chi connectivity index (χ0n) is 11.3. The van der Waals surface area contributed by atoms with Gasteiger partial charge in [0.15, 0.2) is 0 Å². The molecule has 0 radical (unpaired) electrons. The van der Waals surface area contributed by atoms with Crippen LogP contribution in [0, 0.1) is 18.3 Å². The van der Waals surface area contributed by atoms with E-state index in [1.807, 2.05) is 13.0 Å². The Morgan fingerprint density at radius 3 is 2.60 bits per heavy atom. The molecular weight excluding hydrogens is 256 g/mol. The van der Waals surface area contributed by atoms with Gasteiger partial charge in [0.1, 0.15) is 11.5 Å². The van der Waals surface area contributed by atoms with Gasteiger partial charge < -0.3 is 14.6 Å². The molecule has 2 rings (SSSR count). The first kappa shape index (κ1) is 13.8. The standard InChI is InChI=1S/C15H14N2O3/c1-10-3-12(9-18)8-17-15(10)20-14-5-11(7-16)4-13(6-14)19-2/h3-6,8,18H,9H2,1-2H3. The number of ether oxygens (including phenoxy) is 2. The number of benzene rings is 1. The van der Waals surface area contributed by atoms with Crippen molar-refractivity contribution < 1.29 is 14.6 Å². The summed E-state index contributed by atoms with van der Waals surface area (Å²) in [4.78, 5) is 4.15. The van der Waals surface area contributed by atoms with Crippen LogP contribution in [0.4, 0.5) is 0 Å². The lowest BCUT2D eigenvalue weighted by atomic mass is 10.2. The Labute approximate surface area is 117 Å². The second kappa shape index (κ2) is 6.04. The van der Waals surface area contributed by atoms with Crippen LogP contribution in [-0.4, -0.2) is 17.2 Å². The molecule has 0 unspecified atom stereocenters. The van der Waals surface area contributed by atoms with Gasteiger partial charge in [0.25, 0.3) is 0 Å². The van der Waals surface area contributed by atoms with Gasteiger partial charge in [-0.25, -0.2) is 4.98 Å². The van der Waals surface area contributed by atoms with Gasteiger partial charge in [0.05, 0.1) is 25.3 Å². The predicted octanol–water partition coefficient (Wildman–Crippen LogP) is 2.55. The fourth-order valence-corrected chi connectivity index (χ4v) is 1.74. The van der Waals surface area contributed by atoms with Crippen LogP contribution in [0.25, 0.3) is 0 Å². The average molecular weight is 270 g/mol. The van der Waals surface area contributed by atoms with Gasteiger partial charge in [-0.05, 0) is 30.7 Å². The molecule has 1 N–H and O–H groups in total. The maximum atomic E-state index is 9.05. The van der Waals surface area contributed by atoms with Crippen molar-refractivity contribution >= 4 is 0 Å². The molecule has 5 heteroatoms. The molecule has 0 fully saturated rings. The highest BCUT2D eigenvalue weighted by Crippen LogP contribution is 2.28. The minimum absolute atomic E-state index is 0.0636. The predicted molar refractivity (Wildman–Crippen MR) is 72.7 cm³/mol. The number of aryl methyl sites for hydroxylation is 1. The monoisotopic (exact) mass is 270 g/mol. The summed E-state index contributed by atoms with van der Waals surface area (Å²) in [7, 11) is 1.53. The van der Waals surface area contributed by atoms with Crippen LogP contribution < -0.4 is 9.47 Å². The van der Waals surface area contributed by atoms with Crippen molar-refractivity contribution in [2.24, 2.45) is 0 Å². The molecule has 0 bridgehead atoms. The van der Waals surface area contributed by atoms with E-state index < -0.39 is 0 Å². The highest BCUT2D eigenvalue weighted by molar-refractivity contribution is 5.45. The summed E-state index contributed by atoms with van der Waals surface area (Å²) >= 11 is 0. The topological polar surface area (TPSA) is 75.4 Å². The second-order valence-corrected chi connectivity index (χ2v) is 4.23. The van der Waals surface area contributed by atoms with Crippen molar-refractivity contribution in [2.75, 3.05) is 7.11 Å². The molecular formula is C15H14N2O3. The van der Waals surface area contributed by atoms with E-state index in [0.29, 0.717) is 22.9 Å². The fraction of sp³-hybridized carbons (Fsp3) is 0.200. The number of hydrogen-bond acceptors (Lipinski definition) is 5. The molecule has 20 heavy (non-hydrogen) atoms. The Morgan fingerprint density at radius 1 is 1.25 bits per heavy atom. The lowest BCUT2D eigenvalue weighted by Gasteiger charge is -2.10. The Hall–Kier alpha value is -2.58. The van der Waals surface area contributed by atoms with Crippen LogP contribution in [0.2, 0.25) is 0 Å². The van der Waals surface area contributed by atoms with E-state index in [0.717, 1.165) is 11.1 Å². The van der Waals surface area contributed by atoms with Crippen molar-refractivity contribution in [1.29, 1.82) is 5.26 Å². The number of aromatic nitrogens is 1. The third-order valence-electron chi connectivity index (χ3n) is 2.73. The van der Waals surface area contributed by atoms with E-state index in [4.69, 9.17) is 19.8 Å². The van der Waals surface area contributed by atoms with Gasteiger partial charge in [0.2, 0.25) is 5.88 Å². The number of rotatable bonds is 4. The first-order chi connectivity index (χ1) is 9.66. The number of aliphatic hydroxyl groups excluding tert-OH is 1. The normalized spacial score (nSPS) is 9.90. The van der Waals surface area contributed by atoms with Crippen molar-refractivity contribution in [1.82, 2.24) is 4.98 Å². The van der Waals surface area contributed by atoms with Gasteiger partial charge in [-0.3, -0.25) is 0 Å². The molecule has 2 aromatic rings. The molecule has 0 aliphatic heterocycles. The number of aliphatic hydroxyl groups is 1. The van der Waals surface area contributed by atoms with E-state index in [1.54, 1.807) is 30.5 Å². The van der Waals surface area contributed by atoms with Gasteiger partial charge >= 0.3 is 0 Å². The number of nitriles is 1.